The zero-order chi connectivity index (χ0) is 20.5. The maximum atomic E-state index is 12.8. The summed E-state index contributed by atoms with van der Waals surface area (Å²) in [6, 6.07) is 8.75. The van der Waals surface area contributed by atoms with E-state index in [4.69, 9.17) is 4.74 Å². The first-order valence-electron chi connectivity index (χ1n) is 8.42. The molecule has 3 aromatic rings. The first kappa shape index (κ1) is 19.1. The second-order valence-corrected chi connectivity index (χ2v) is 6.95. The zero-order valence-electron chi connectivity index (χ0n) is 14.6. The maximum absolute atomic E-state index is 12.8. The van der Waals surface area contributed by atoms with Crippen molar-refractivity contribution in [2.45, 2.75) is 18.3 Å². The largest absolute Gasteiger partial charge is 0.573 e. The number of benzene rings is 1. The second kappa shape index (κ2) is 7.32. The number of halogens is 3. The molecule has 150 valence electrons. The molecule has 1 unspecified atom stereocenters. The lowest BCUT2D eigenvalue weighted by molar-refractivity contribution is -0.274. The molecule has 7 nitrogen and oxygen atoms in total. The molecule has 1 aromatic carbocycles. The van der Waals surface area contributed by atoms with Crippen LogP contribution in [0, 0.1) is 0 Å². The van der Waals surface area contributed by atoms with Gasteiger partial charge in [-0.05, 0) is 41.4 Å². The lowest BCUT2D eigenvalue weighted by Crippen LogP contribution is -2.50. The molecule has 0 saturated heterocycles. The van der Waals surface area contributed by atoms with Crippen LogP contribution < -0.4 is 14.8 Å². The lowest BCUT2D eigenvalue weighted by Gasteiger charge is -2.38. The molecule has 1 N–H and O–H groups in total. The molecule has 0 spiro atoms. The normalized spacial score (nSPS) is 18.4. The lowest BCUT2D eigenvalue weighted by atomic mass is 9.81. The Bertz CT molecular complexity index is 1010. The third kappa shape index (κ3) is 3.86. The molecule has 4 rings (SSSR count). The van der Waals surface area contributed by atoms with E-state index in [9.17, 15) is 18.0 Å². The van der Waals surface area contributed by atoms with Crippen LogP contribution in [0.2, 0.25) is 0 Å². The molecule has 1 atom stereocenters. The molecule has 29 heavy (non-hydrogen) atoms. The molecule has 0 radical (unpaired) electrons. The molecule has 0 aliphatic carbocycles. The van der Waals surface area contributed by atoms with Gasteiger partial charge in [0.1, 0.15) is 27.6 Å². The number of hydrogen-bond donors (Lipinski definition) is 1. The van der Waals surface area contributed by atoms with Crippen LogP contribution in [0.5, 0.6) is 11.5 Å². The smallest absolute Gasteiger partial charge is 0.491 e. The third-order valence-corrected chi connectivity index (χ3v) is 5.07. The molecule has 2 aromatic heterocycles. The van der Waals surface area contributed by atoms with Crippen molar-refractivity contribution in [2.24, 2.45) is 0 Å². The summed E-state index contributed by atoms with van der Waals surface area (Å²) in [5.74, 6) is -0.297. The molecular formula is C18H13F3N4O3S. The number of carbonyl (C=O) groups is 1. The number of pyridine rings is 1. The van der Waals surface area contributed by atoms with Gasteiger partial charge in [0.05, 0.1) is 12.8 Å². The van der Waals surface area contributed by atoms with Crippen LogP contribution >= 0.6 is 11.5 Å². The fourth-order valence-electron chi connectivity index (χ4n) is 3.20. The van der Waals surface area contributed by atoms with E-state index in [0.717, 1.165) is 11.5 Å². The fraction of sp³-hybridized carbons (Fsp3) is 0.222. The highest BCUT2D eigenvalue weighted by Gasteiger charge is 2.43. The van der Waals surface area contributed by atoms with E-state index >= 15 is 0 Å². The zero-order valence-corrected chi connectivity index (χ0v) is 15.5. The Morgan fingerprint density at radius 2 is 2.03 bits per heavy atom. The summed E-state index contributed by atoms with van der Waals surface area (Å²) in [4.78, 5) is 17.5. The molecule has 1 aliphatic rings. The van der Waals surface area contributed by atoms with Gasteiger partial charge in [-0.1, -0.05) is 16.6 Å². The Kier molecular flexibility index (Phi) is 4.82. The van der Waals surface area contributed by atoms with Crippen molar-refractivity contribution in [3.63, 3.8) is 0 Å². The highest BCUT2D eigenvalue weighted by atomic mass is 32.1. The van der Waals surface area contributed by atoms with E-state index in [1.807, 2.05) is 0 Å². The average Bonchev–Trinajstić information content (AvgIpc) is 3.22. The molecule has 0 saturated carbocycles. The number of fused-ring (bicyclic) bond motifs is 1. The van der Waals surface area contributed by atoms with Gasteiger partial charge in [0.2, 0.25) is 0 Å². The van der Waals surface area contributed by atoms with Crippen molar-refractivity contribution in [2.75, 3.05) is 6.61 Å². The van der Waals surface area contributed by atoms with Crippen LogP contribution in [-0.4, -0.2) is 33.4 Å². The molecule has 11 heteroatoms. The average molecular weight is 422 g/mol. The van der Waals surface area contributed by atoms with Gasteiger partial charge in [-0.25, -0.2) is 0 Å². The first-order valence-corrected chi connectivity index (χ1v) is 9.19. The Labute approximate surface area is 166 Å². The summed E-state index contributed by atoms with van der Waals surface area (Å²) in [6.07, 6.45) is -1.57. The Morgan fingerprint density at radius 1 is 1.24 bits per heavy atom. The Balaban J connectivity index is 1.77. The SMILES string of the molecule is O=C(NC1(c2ccc(OC(F)(F)F)cc2)CCOc2cccnc21)c1cnns1. The molecule has 1 amide bonds. The minimum atomic E-state index is -4.79. The van der Waals surface area contributed by atoms with Crippen molar-refractivity contribution >= 4 is 17.4 Å². The Hall–Kier alpha value is -3.21. The number of alkyl halides is 3. The summed E-state index contributed by atoms with van der Waals surface area (Å²) in [6.45, 7) is 0.278. The third-order valence-electron chi connectivity index (χ3n) is 4.40. The van der Waals surface area contributed by atoms with Gasteiger partial charge in [0, 0.05) is 12.6 Å². The van der Waals surface area contributed by atoms with Crippen molar-refractivity contribution in [3.05, 3.63) is 64.9 Å². The molecule has 0 fully saturated rings. The number of ether oxygens (including phenoxy) is 2. The summed E-state index contributed by atoms with van der Waals surface area (Å²) < 4.78 is 50.7. The van der Waals surface area contributed by atoms with Gasteiger partial charge in [-0.2, -0.15) is 0 Å². The summed E-state index contributed by atoms with van der Waals surface area (Å²) in [5, 5.41) is 6.63. The van der Waals surface area contributed by atoms with Gasteiger partial charge in [-0.15, -0.1) is 18.3 Å². The molecule has 3 heterocycles. The van der Waals surface area contributed by atoms with Gasteiger partial charge in [0.25, 0.3) is 5.91 Å². The second-order valence-electron chi connectivity index (χ2n) is 6.16. The number of carbonyl (C=O) groups excluding carboxylic acids is 1. The number of rotatable bonds is 4. The number of aromatic nitrogens is 3. The van der Waals surface area contributed by atoms with Crippen molar-refractivity contribution in [3.8, 4) is 11.5 Å². The molecule has 0 bridgehead atoms. The first-order chi connectivity index (χ1) is 13.9. The van der Waals surface area contributed by atoms with Crippen LogP contribution in [0.1, 0.15) is 27.3 Å². The number of hydrogen-bond acceptors (Lipinski definition) is 7. The quantitative estimate of drug-likeness (QED) is 0.695. The van der Waals surface area contributed by atoms with Gasteiger partial charge in [0.15, 0.2) is 0 Å². The minimum absolute atomic E-state index is 0.278. The fourth-order valence-corrected chi connectivity index (χ4v) is 3.61. The summed E-state index contributed by atoms with van der Waals surface area (Å²) in [5.41, 5.74) is -0.102. The maximum Gasteiger partial charge on any atom is 0.573 e. The predicted molar refractivity (Wildman–Crippen MR) is 95.6 cm³/mol. The van der Waals surface area contributed by atoms with E-state index in [0.29, 0.717) is 28.3 Å². The van der Waals surface area contributed by atoms with Crippen molar-refractivity contribution in [1.82, 2.24) is 19.9 Å². The minimum Gasteiger partial charge on any atom is -0.491 e. The van der Waals surface area contributed by atoms with E-state index in [2.05, 4.69) is 24.6 Å². The van der Waals surface area contributed by atoms with E-state index in [1.165, 1.54) is 30.5 Å². The number of nitrogens with one attached hydrogen (secondary N) is 1. The molecular weight excluding hydrogens is 409 g/mol. The van der Waals surface area contributed by atoms with Gasteiger partial charge >= 0.3 is 6.36 Å². The van der Waals surface area contributed by atoms with Gasteiger partial charge in [-0.3, -0.25) is 9.78 Å². The standard InChI is InChI=1S/C18H13F3N4O3S/c19-18(20,21)28-12-5-3-11(4-6-12)17(24-16(26)14-10-23-25-29-14)7-9-27-13-2-1-8-22-15(13)17/h1-6,8,10H,7,9H2,(H,24,26). The number of amides is 1. The topological polar surface area (TPSA) is 86.2 Å². The highest BCUT2D eigenvalue weighted by molar-refractivity contribution is 7.07. The molecule has 1 aliphatic heterocycles. The summed E-state index contributed by atoms with van der Waals surface area (Å²) >= 11 is 0.934. The Morgan fingerprint density at radius 3 is 2.72 bits per heavy atom. The van der Waals surface area contributed by atoms with Crippen LogP contribution in [0.3, 0.4) is 0 Å². The summed E-state index contributed by atoms with van der Waals surface area (Å²) in [7, 11) is 0. The number of nitrogens with zero attached hydrogens (tertiary/aromatic N) is 3. The van der Waals surface area contributed by atoms with Crippen molar-refractivity contribution in [1.29, 1.82) is 0 Å². The van der Waals surface area contributed by atoms with Crippen molar-refractivity contribution < 1.29 is 27.4 Å². The van der Waals surface area contributed by atoms with Crippen LogP contribution in [-0.2, 0) is 5.54 Å². The van der Waals surface area contributed by atoms with E-state index < -0.39 is 17.8 Å². The van der Waals surface area contributed by atoms with Crippen LogP contribution in [0.4, 0.5) is 13.2 Å². The predicted octanol–water partition coefficient (Wildman–Crippen LogP) is 3.29. The van der Waals surface area contributed by atoms with Gasteiger partial charge < -0.3 is 14.8 Å². The van der Waals surface area contributed by atoms with E-state index in [-0.39, 0.29) is 12.4 Å². The monoisotopic (exact) mass is 422 g/mol. The van der Waals surface area contributed by atoms with Crippen LogP contribution in [0.15, 0.2) is 48.8 Å². The highest BCUT2D eigenvalue weighted by Crippen LogP contribution is 2.41. The van der Waals surface area contributed by atoms with Crippen LogP contribution in [0.25, 0.3) is 0 Å². The van der Waals surface area contributed by atoms with E-state index in [1.54, 1.807) is 18.3 Å².